The van der Waals surface area contributed by atoms with Crippen molar-refractivity contribution in [3.8, 4) is 0 Å². The summed E-state index contributed by atoms with van der Waals surface area (Å²) in [6, 6.07) is 27.3. The Morgan fingerprint density at radius 1 is 0.871 bits per heavy atom. The molecule has 3 aromatic carbocycles. The fourth-order valence-electron chi connectivity index (χ4n) is 4.58. The Labute approximate surface area is 186 Å². The topological polar surface area (TPSA) is 32.7 Å². The van der Waals surface area contributed by atoms with Gasteiger partial charge >= 0.3 is 0 Å². The van der Waals surface area contributed by atoms with Gasteiger partial charge < -0.3 is 9.84 Å². The summed E-state index contributed by atoms with van der Waals surface area (Å²) in [4.78, 5) is 2.42. The third-order valence-electron chi connectivity index (χ3n) is 6.54. The van der Waals surface area contributed by atoms with Crippen LogP contribution in [0.2, 0.25) is 0 Å². The third-order valence-corrected chi connectivity index (χ3v) is 6.54. The number of nitrogens with zero attached hydrogens (tertiary/aromatic N) is 1. The van der Waals surface area contributed by atoms with E-state index in [9.17, 15) is 5.11 Å². The summed E-state index contributed by atoms with van der Waals surface area (Å²) in [6.07, 6.45) is 0.985. The van der Waals surface area contributed by atoms with Gasteiger partial charge in [0, 0.05) is 25.6 Å². The molecule has 162 valence electrons. The molecule has 0 bridgehead atoms. The SMILES string of the molecule is CCc1ccc([C@](O)(c2ccc(C)cc2)[C@H](CN2CCOCC2)c2ccccc2)cc1. The molecule has 0 unspecified atom stereocenters. The van der Waals surface area contributed by atoms with Gasteiger partial charge in [0.1, 0.15) is 5.60 Å². The first-order valence-electron chi connectivity index (χ1n) is 11.3. The molecule has 2 atom stereocenters. The predicted molar refractivity (Wildman–Crippen MR) is 126 cm³/mol. The molecule has 0 aromatic heterocycles. The van der Waals surface area contributed by atoms with Crippen LogP contribution >= 0.6 is 0 Å². The van der Waals surface area contributed by atoms with Crippen molar-refractivity contribution >= 4 is 0 Å². The zero-order chi connectivity index (χ0) is 21.7. The number of hydrogen-bond donors (Lipinski definition) is 1. The van der Waals surface area contributed by atoms with Gasteiger partial charge in [0.25, 0.3) is 0 Å². The molecule has 4 rings (SSSR count). The van der Waals surface area contributed by atoms with Crippen LogP contribution in [0, 0.1) is 6.92 Å². The quantitative estimate of drug-likeness (QED) is 0.595. The zero-order valence-electron chi connectivity index (χ0n) is 18.6. The Kier molecular flexibility index (Phi) is 6.86. The Morgan fingerprint density at radius 3 is 2.03 bits per heavy atom. The fraction of sp³-hybridized carbons (Fsp3) is 0.357. The molecule has 3 aromatic rings. The maximum atomic E-state index is 12.6. The molecule has 0 amide bonds. The molecule has 3 heteroatoms. The van der Waals surface area contributed by atoms with Crippen molar-refractivity contribution in [2.24, 2.45) is 0 Å². The van der Waals surface area contributed by atoms with E-state index in [0.717, 1.165) is 56.0 Å². The molecule has 1 fully saturated rings. The molecule has 1 aliphatic heterocycles. The normalized spacial score (nSPS) is 17.8. The minimum atomic E-state index is -1.14. The molecule has 3 nitrogen and oxygen atoms in total. The summed E-state index contributed by atoms with van der Waals surface area (Å²) in [6.45, 7) is 8.29. The highest BCUT2D eigenvalue weighted by Gasteiger charge is 2.42. The van der Waals surface area contributed by atoms with Crippen molar-refractivity contribution < 1.29 is 9.84 Å². The number of ether oxygens (including phenoxy) is 1. The van der Waals surface area contributed by atoms with Crippen molar-refractivity contribution in [2.75, 3.05) is 32.8 Å². The molecule has 0 spiro atoms. The van der Waals surface area contributed by atoms with Crippen molar-refractivity contribution in [3.05, 3.63) is 107 Å². The van der Waals surface area contributed by atoms with Crippen molar-refractivity contribution in [1.29, 1.82) is 0 Å². The van der Waals surface area contributed by atoms with Crippen LogP contribution in [0.5, 0.6) is 0 Å². The monoisotopic (exact) mass is 415 g/mol. The number of hydrogen-bond acceptors (Lipinski definition) is 3. The molecular weight excluding hydrogens is 382 g/mol. The summed E-state index contributed by atoms with van der Waals surface area (Å²) in [5, 5.41) is 12.6. The lowest BCUT2D eigenvalue weighted by molar-refractivity contribution is 0.000758. The van der Waals surface area contributed by atoms with Crippen LogP contribution in [-0.2, 0) is 16.8 Å². The number of aryl methyl sites for hydroxylation is 2. The molecular formula is C28H33NO2. The van der Waals surface area contributed by atoms with Crippen LogP contribution in [-0.4, -0.2) is 42.9 Å². The maximum Gasteiger partial charge on any atom is 0.123 e. The highest BCUT2D eigenvalue weighted by molar-refractivity contribution is 5.43. The van der Waals surface area contributed by atoms with E-state index in [-0.39, 0.29) is 5.92 Å². The van der Waals surface area contributed by atoms with Gasteiger partial charge in [-0.15, -0.1) is 0 Å². The molecule has 0 saturated carbocycles. The summed E-state index contributed by atoms with van der Waals surface area (Å²) < 4.78 is 5.58. The second kappa shape index (κ2) is 9.78. The van der Waals surface area contributed by atoms with Gasteiger partial charge in [-0.05, 0) is 35.6 Å². The van der Waals surface area contributed by atoms with Gasteiger partial charge in [-0.3, -0.25) is 4.90 Å². The first-order chi connectivity index (χ1) is 15.1. The van der Waals surface area contributed by atoms with Gasteiger partial charge in [-0.1, -0.05) is 91.3 Å². The molecule has 0 radical (unpaired) electrons. The maximum absolute atomic E-state index is 12.6. The lowest BCUT2D eigenvalue weighted by Gasteiger charge is -2.41. The van der Waals surface area contributed by atoms with E-state index in [1.165, 1.54) is 11.1 Å². The van der Waals surface area contributed by atoms with E-state index in [1.807, 2.05) is 6.07 Å². The van der Waals surface area contributed by atoms with Crippen molar-refractivity contribution in [1.82, 2.24) is 4.90 Å². The number of aliphatic hydroxyl groups is 1. The first-order valence-corrected chi connectivity index (χ1v) is 11.3. The number of morpholine rings is 1. The molecule has 1 heterocycles. The Bertz CT molecular complexity index is 947. The fourth-order valence-corrected chi connectivity index (χ4v) is 4.58. The van der Waals surface area contributed by atoms with Crippen LogP contribution in [0.4, 0.5) is 0 Å². The lowest BCUT2D eigenvalue weighted by Crippen LogP contribution is -2.45. The highest BCUT2D eigenvalue weighted by Crippen LogP contribution is 2.43. The largest absolute Gasteiger partial charge is 0.380 e. The first kappa shape index (κ1) is 21.8. The van der Waals surface area contributed by atoms with Crippen LogP contribution in [0.25, 0.3) is 0 Å². The van der Waals surface area contributed by atoms with Crippen LogP contribution < -0.4 is 0 Å². The molecule has 1 N–H and O–H groups in total. The van der Waals surface area contributed by atoms with E-state index >= 15 is 0 Å². The average Bonchev–Trinajstić information content (AvgIpc) is 2.84. The second-order valence-corrected chi connectivity index (χ2v) is 8.56. The summed E-state index contributed by atoms with van der Waals surface area (Å²) in [5.41, 5.74) is 4.35. The van der Waals surface area contributed by atoms with Crippen LogP contribution in [0.3, 0.4) is 0 Å². The van der Waals surface area contributed by atoms with Gasteiger partial charge in [0.2, 0.25) is 0 Å². The average molecular weight is 416 g/mol. The number of rotatable bonds is 7. The molecule has 1 saturated heterocycles. The van der Waals surface area contributed by atoms with Gasteiger partial charge in [0.05, 0.1) is 13.2 Å². The highest BCUT2D eigenvalue weighted by atomic mass is 16.5. The van der Waals surface area contributed by atoms with E-state index < -0.39 is 5.60 Å². The molecule has 31 heavy (non-hydrogen) atoms. The summed E-state index contributed by atoms with van der Waals surface area (Å²) >= 11 is 0. The minimum Gasteiger partial charge on any atom is -0.380 e. The standard InChI is InChI=1S/C28H33NO2/c1-3-23-11-15-26(16-12-23)28(30,25-13-9-22(2)10-14-25)27(24-7-5-4-6-8-24)21-29-17-19-31-20-18-29/h4-16,27,30H,3,17-21H2,1-2H3/t27-,28-/m1/s1. The van der Waals surface area contributed by atoms with E-state index in [0.29, 0.717) is 0 Å². The van der Waals surface area contributed by atoms with Gasteiger partial charge in [0.15, 0.2) is 0 Å². The van der Waals surface area contributed by atoms with Crippen LogP contribution in [0.15, 0.2) is 78.9 Å². The van der Waals surface area contributed by atoms with E-state index in [2.05, 4.69) is 91.5 Å². The van der Waals surface area contributed by atoms with Crippen molar-refractivity contribution in [2.45, 2.75) is 31.8 Å². The minimum absolute atomic E-state index is 0.109. The summed E-state index contributed by atoms with van der Waals surface area (Å²) in [7, 11) is 0. The van der Waals surface area contributed by atoms with Crippen LogP contribution in [0.1, 0.15) is 40.7 Å². The zero-order valence-corrected chi connectivity index (χ0v) is 18.6. The van der Waals surface area contributed by atoms with Gasteiger partial charge in [-0.2, -0.15) is 0 Å². The second-order valence-electron chi connectivity index (χ2n) is 8.56. The molecule has 0 aliphatic carbocycles. The third kappa shape index (κ3) is 4.74. The predicted octanol–water partition coefficient (Wildman–Crippen LogP) is 4.91. The Morgan fingerprint density at radius 2 is 1.45 bits per heavy atom. The Balaban J connectivity index is 1.84. The summed E-state index contributed by atoms with van der Waals surface area (Å²) in [5.74, 6) is -0.109. The van der Waals surface area contributed by atoms with E-state index in [4.69, 9.17) is 4.74 Å². The smallest absolute Gasteiger partial charge is 0.123 e. The van der Waals surface area contributed by atoms with Gasteiger partial charge in [-0.25, -0.2) is 0 Å². The number of benzene rings is 3. The Hall–Kier alpha value is -2.46. The molecule has 1 aliphatic rings. The lowest BCUT2D eigenvalue weighted by atomic mass is 9.72. The van der Waals surface area contributed by atoms with Crippen molar-refractivity contribution in [3.63, 3.8) is 0 Å². The van der Waals surface area contributed by atoms with E-state index in [1.54, 1.807) is 0 Å².